The third kappa shape index (κ3) is 4.41. The van der Waals surface area contributed by atoms with Crippen LogP contribution in [-0.4, -0.2) is 4.98 Å². The highest BCUT2D eigenvalue weighted by Gasteiger charge is 2.27. The van der Waals surface area contributed by atoms with Gasteiger partial charge in [0.15, 0.2) is 0 Å². The Labute approximate surface area is 303 Å². The van der Waals surface area contributed by atoms with Crippen LogP contribution in [0, 0.1) is 0 Å². The maximum absolute atomic E-state index is 4.54. The van der Waals surface area contributed by atoms with Crippen LogP contribution in [0.3, 0.4) is 0 Å². The number of nitrogens with zero attached hydrogens (tertiary/aromatic N) is 2. The largest absolute Gasteiger partial charge is 0.309 e. The van der Waals surface area contributed by atoms with Crippen molar-refractivity contribution >= 4 is 39.5 Å². The smallest absolute Gasteiger partial charge is 0.0644 e. The Hall–Kier alpha value is -6.77. The first-order chi connectivity index (χ1) is 25.8. The lowest BCUT2D eigenvalue weighted by Crippen LogP contribution is -2.10. The Balaban J connectivity index is 1.12. The van der Waals surface area contributed by atoms with Crippen molar-refractivity contribution < 1.29 is 0 Å². The average molecular weight is 661 g/mol. The van der Waals surface area contributed by atoms with Gasteiger partial charge in [-0.1, -0.05) is 115 Å². The molecule has 8 aromatic rings. The lowest BCUT2D eigenvalue weighted by atomic mass is 9.92. The highest BCUT2D eigenvalue weighted by molar-refractivity contribution is 6.15. The summed E-state index contributed by atoms with van der Waals surface area (Å²) in [7, 11) is 0. The summed E-state index contributed by atoms with van der Waals surface area (Å²) in [6.45, 7) is 0. The molecule has 0 saturated carbocycles. The molecule has 242 valence electrons. The quantitative estimate of drug-likeness (QED) is 0.183. The number of hydrogen-bond donors (Lipinski definition) is 0. The van der Waals surface area contributed by atoms with Crippen LogP contribution in [0.5, 0.6) is 0 Å². The second-order valence-corrected chi connectivity index (χ2v) is 13.9. The molecule has 1 aromatic heterocycles. The molecule has 0 amide bonds. The van der Waals surface area contributed by atoms with Crippen LogP contribution in [-0.2, 0) is 0 Å². The minimum Gasteiger partial charge on any atom is -0.309 e. The molecule has 3 aliphatic rings. The summed E-state index contributed by atoms with van der Waals surface area (Å²) in [4.78, 5) is 6.86. The zero-order valence-corrected chi connectivity index (χ0v) is 28.4. The Kier molecular flexibility index (Phi) is 6.35. The summed E-state index contributed by atoms with van der Waals surface area (Å²) in [6.07, 6.45) is 11.7. The van der Waals surface area contributed by atoms with E-state index in [1.165, 1.54) is 88.7 Å². The summed E-state index contributed by atoms with van der Waals surface area (Å²) >= 11 is 0. The Morgan fingerprint density at radius 1 is 0.462 bits per heavy atom. The molecule has 0 saturated heterocycles. The first kappa shape index (κ1) is 29.0. The fourth-order valence-corrected chi connectivity index (χ4v) is 8.70. The number of benzene rings is 7. The predicted octanol–water partition coefficient (Wildman–Crippen LogP) is 13.5. The van der Waals surface area contributed by atoms with E-state index < -0.39 is 0 Å². The molecule has 0 radical (unpaired) electrons. The SMILES string of the molecule is C1=Cc2cccc3c2C(=CC1)c1cc(-c2cc(-c4ccc5c(c4)-c4cccc6cccc-5c46)cc(N(c4ccccc4)c4cccnc4)c2)ccc1-3. The van der Waals surface area contributed by atoms with E-state index in [0.717, 1.165) is 23.5 Å². The van der Waals surface area contributed by atoms with Gasteiger partial charge in [-0.3, -0.25) is 4.98 Å². The number of para-hydroxylation sites is 1. The Morgan fingerprint density at radius 3 is 1.92 bits per heavy atom. The molecule has 52 heavy (non-hydrogen) atoms. The third-order valence-electron chi connectivity index (χ3n) is 11.0. The zero-order valence-electron chi connectivity index (χ0n) is 28.4. The molecule has 0 fully saturated rings. The molecule has 1 heterocycles. The summed E-state index contributed by atoms with van der Waals surface area (Å²) in [5, 5.41) is 2.64. The van der Waals surface area contributed by atoms with Crippen molar-refractivity contribution in [2.45, 2.75) is 6.42 Å². The number of pyridine rings is 1. The maximum atomic E-state index is 4.54. The molecule has 0 bridgehead atoms. The van der Waals surface area contributed by atoms with E-state index >= 15 is 0 Å². The van der Waals surface area contributed by atoms with E-state index in [4.69, 9.17) is 0 Å². The highest BCUT2D eigenvalue weighted by atomic mass is 15.1. The molecule has 11 rings (SSSR count). The first-order valence-corrected chi connectivity index (χ1v) is 18.0. The number of rotatable bonds is 5. The normalized spacial score (nSPS) is 13.0. The number of aromatic nitrogens is 1. The topological polar surface area (TPSA) is 16.1 Å². The lowest BCUT2D eigenvalue weighted by Gasteiger charge is -2.26. The summed E-state index contributed by atoms with van der Waals surface area (Å²) in [5.41, 5.74) is 21.1. The van der Waals surface area contributed by atoms with Gasteiger partial charge >= 0.3 is 0 Å². The van der Waals surface area contributed by atoms with Crippen LogP contribution in [0.15, 0.2) is 176 Å². The summed E-state index contributed by atoms with van der Waals surface area (Å²) in [5.74, 6) is 0. The van der Waals surface area contributed by atoms with Crippen molar-refractivity contribution in [1.29, 1.82) is 0 Å². The van der Waals surface area contributed by atoms with Crippen LogP contribution in [0.1, 0.15) is 23.1 Å². The minimum atomic E-state index is 0.930. The van der Waals surface area contributed by atoms with Gasteiger partial charge in [-0.05, 0) is 150 Å². The molecule has 2 nitrogen and oxygen atoms in total. The molecule has 0 aliphatic heterocycles. The predicted molar refractivity (Wildman–Crippen MR) is 218 cm³/mol. The molecule has 7 aromatic carbocycles. The second kappa shape index (κ2) is 11.4. The summed E-state index contributed by atoms with van der Waals surface area (Å²) < 4.78 is 0. The number of anilines is 3. The van der Waals surface area contributed by atoms with E-state index in [0.29, 0.717) is 0 Å². The fraction of sp³-hybridized carbons (Fsp3) is 0.0200. The van der Waals surface area contributed by atoms with E-state index in [-0.39, 0.29) is 0 Å². The Bertz CT molecular complexity index is 2760. The Morgan fingerprint density at radius 2 is 1.15 bits per heavy atom. The van der Waals surface area contributed by atoms with E-state index in [2.05, 4.69) is 174 Å². The van der Waals surface area contributed by atoms with Crippen LogP contribution >= 0.6 is 0 Å². The van der Waals surface area contributed by atoms with Gasteiger partial charge in [0, 0.05) is 17.6 Å². The summed E-state index contributed by atoms with van der Waals surface area (Å²) in [6, 6.07) is 55.9. The van der Waals surface area contributed by atoms with Crippen molar-refractivity contribution in [1.82, 2.24) is 4.98 Å². The maximum Gasteiger partial charge on any atom is 0.0644 e. The van der Waals surface area contributed by atoms with Crippen molar-refractivity contribution in [2.75, 3.05) is 4.90 Å². The average Bonchev–Trinajstić information content (AvgIpc) is 3.59. The van der Waals surface area contributed by atoms with Gasteiger partial charge in [0.25, 0.3) is 0 Å². The molecule has 2 heteroatoms. The van der Waals surface area contributed by atoms with Gasteiger partial charge < -0.3 is 4.90 Å². The third-order valence-corrected chi connectivity index (χ3v) is 11.0. The van der Waals surface area contributed by atoms with Crippen LogP contribution < -0.4 is 4.90 Å². The monoisotopic (exact) mass is 660 g/mol. The molecule has 0 N–H and O–H groups in total. The molecule has 0 spiro atoms. The molecule has 0 unspecified atom stereocenters. The standard InChI is InChI=1S/C50H32N2/c1-2-14-38(15-3-1)52(39-16-9-25-51-31-39)40-27-36(34-21-23-41-43-18-6-11-32-10-4-5-17-45(49(32)43)47(41)29-34)26-37(28-40)35-22-24-42-44-19-7-12-33-13-8-20-46(50(33)44)48(42)30-35/h1-4,6-31H,5H2. The minimum absolute atomic E-state index is 0.930. The van der Waals surface area contributed by atoms with Gasteiger partial charge in [-0.25, -0.2) is 0 Å². The van der Waals surface area contributed by atoms with Gasteiger partial charge in [0.05, 0.1) is 11.9 Å². The van der Waals surface area contributed by atoms with Crippen molar-refractivity contribution in [3.8, 4) is 55.6 Å². The van der Waals surface area contributed by atoms with Crippen LogP contribution in [0.25, 0.3) is 78.1 Å². The van der Waals surface area contributed by atoms with Gasteiger partial charge in [0.1, 0.15) is 0 Å². The number of allylic oxidation sites excluding steroid dienone is 2. The first-order valence-electron chi connectivity index (χ1n) is 18.0. The molecular formula is C50H32N2. The van der Waals surface area contributed by atoms with Gasteiger partial charge in [0.2, 0.25) is 0 Å². The zero-order chi connectivity index (χ0) is 34.2. The van der Waals surface area contributed by atoms with Gasteiger partial charge in [-0.15, -0.1) is 0 Å². The number of fused-ring (bicyclic) bond motifs is 6. The molecule has 0 atom stereocenters. The van der Waals surface area contributed by atoms with Gasteiger partial charge in [-0.2, -0.15) is 0 Å². The van der Waals surface area contributed by atoms with E-state index in [1.807, 2.05) is 18.5 Å². The van der Waals surface area contributed by atoms with Crippen LogP contribution in [0.2, 0.25) is 0 Å². The lowest BCUT2D eigenvalue weighted by molar-refractivity contribution is 1.23. The van der Waals surface area contributed by atoms with Crippen molar-refractivity contribution in [3.63, 3.8) is 0 Å². The molecular weight excluding hydrogens is 629 g/mol. The number of hydrogen-bond acceptors (Lipinski definition) is 2. The molecule has 3 aliphatic carbocycles. The van der Waals surface area contributed by atoms with Crippen LogP contribution in [0.4, 0.5) is 17.1 Å². The van der Waals surface area contributed by atoms with E-state index in [9.17, 15) is 0 Å². The van der Waals surface area contributed by atoms with Crippen molar-refractivity contribution in [3.05, 3.63) is 193 Å². The fourth-order valence-electron chi connectivity index (χ4n) is 8.70. The van der Waals surface area contributed by atoms with Crippen molar-refractivity contribution in [2.24, 2.45) is 0 Å². The highest BCUT2D eigenvalue weighted by Crippen LogP contribution is 2.51. The second-order valence-electron chi connectivity index (χ2n) is 13.9. The van der Waals surface area contributed by atoms with E-state index in [1.54, 1.807) is 0 Å².